The van der Waals surface area contributed by atoms with Gasteiger partial charge in [-0.05, 0) is 73.5 Å². The Hall–Kier alpha value is 1.14. The largest absolute Gasteiger partial charge is 0.222 e. The highest BCUT2D eigenvalue weighted by molar-refractivity contribution is 8.01. The maximum absolute atomic E-state index is 8.49. The lowest BCUT2D eigenvalue weighted by molar-refractivity contribution is -2.00. The van der Waals surface area contributed by atoms with E-state index in [1.54, 1.807) is 23.5 Å². The van der Waals surface area contributed by atoms with E-state index in [0.29, 0.717) is 0 Å². The van der Waals surface area contributed by atoms with Gasteiger partial charge in [-0.2, -0.15) is 23.5 Å². The van der Waals surface area contributed by atoms with Gasteiger partial charge in [-0.15, -0.1) is 20.5 Å². The molecular weight excluding hydrogens is 567 g/mol. The highest BCUT2D eigenvalue weighted by Crippen LogP contribution is 2.44. The minimum absolute atomic E-state index is 0.871. The number of hydrogen-bond donors (Lipinski definition) is 0. The Bertz CT molecular complexity index is 595. The molecule has 0 aromatic heterocycles. The minimum Gasteiger partial charge on any atom is -0.222 e. The molecule has 8 bridgehead atoms. The van der Waals surface area contributed by atoms with Gasteiger partial charge in [-0.1, -0.05) is 0 Å². The number of thiol groups is 2. The zero-order valence-corrected chi connectivity index (χ0v) is 23.3. The maximum atomic E-state index is 8.49. The molecule has 0 aromatic carbocycles. The lowest BCUT2D eigenvalue weighted by Gasteiger charge is -2.17. The van der Waals surface area contributed by atoms with Gasteiger partial charge < -0.3 is 0 Å². The molecule has 5 aliphatic heterocycles. The number of hydrogen-bond acceptors (Lipinski definition) is 10. The number of fused-ring (bicyclic) bond motifs is 8. The molecule has 0 aromatic rings. The van der Waals surface area contributed by atoms with Crippen LogP contribution in [0, 0.1) is 20.5 Å². The van der Waals surface area contributed by atoms with Gasteiger partial charge in [0.15, 0.2) is 0 Å². The standard InChI is InChI=1S/C20H28S4.2ClHO4/c1-2-14-10-16-5-6-18(23-16)12-20-8-7-19(24-20)11-17-4-3-15(22-17)9-13(1)21-14;2*2-1(3,4)5/h1-2,7-8,13-20H,3-6,9-12H2;2*(H,2,3,4,5). The number of thioether (sulfide) groups is 2. The molecule has 5 aliphatic rings. The van der Waals surface area contributed by atoms with Crippen LogP contribution in [0.4, 0.5) is 0 Å². The van der Waals surface area contributed by atoms with Crippen LogP contribution in [0.15, 0.2) is 24.3 Å². The highest BCUT2D eigenvalue weighted by Gasteiger charge is 2.40. The van der Waals surface area contributed by atoms with Crippen molar-refractivity contribution in [3.8, 4) is 0 Å². The fraction of sp³-hybridized carbons (Fsp3) is 0.800. The maximum Gasteiger partial charge on any atom is 0.135 e. The summed E-state index contributed by atoms with van der Waals surface area (Å²) >= 11 is 8.19. The van der Waals surface area contributed by atoms with Gasteiger partial charge in [0.25, 0.3) is 0 Å². The smallest absolute Gasteiger partial charge is 0.135 e. The summed E-state index contributed by atoms with van der Waals surface area (Å²) < 4.78 is 67.9. The molecule has 5 rings (SSSR count). The topological polar surface area (TPSA) is 184 Å². The van der Waals surface area contributed by atoms with Crippen molar-refractivity contribution in [3.63, 3.8) is 0 Å². The van der Waals surface area contributed by atoms with Crippen molar-refractivity contribution in [2.45, 2.75) is 93.4 Å². The first-order chi connectivity index (χ1) is 15.8. The Morgan fingerprint density at radius 3 is 0.882 bits per heavy atom. The van der Waals surface area contributed by atoms with Crippen LogP contribution >= 0.6 is 23.5 Å². The van der Waals surface area contributed by atoms with E-state index in [-0.39, 0.29) is 0 Å². The molecule has 5 heterocycles. The number of halogens is 2. The van der Waals surface area contributed by atoms with Gasteiger partial charge in [0.1, 0.15) is 21.0 Å². The third-order valence-corrected chi connectivity index (χ3v) is 12.6. The molecule has 14 heteroatoms. The Kier molecular flexibility index (Phi) is 11.6. The fourth-order valence-corrected chi connectivity index (χ4v) is 12.4. The van der Waals surface area contributed by atoms with E-state index in [1.165, 1.54) is 51.4 Å². The predicted octanol–water partition coefficient (Wildman–Crippen LogP) is -5.18. The predicted molar refractivity (Wildman–Crippen MR) is 118 cm³/mol. The van der Waals surface area contributed by atoms with Crippen LogP contribution in [0.1, 0.15) is 51.4 Å². The van der Waals surface area contributed by atoms with E-state index < -0.39 is 20.5 Å². The first-order valence-electron chi connectivity index (χ1n) is 11.1. The third kappa shape index (κ3) is 12.1. The summed E-state index contributed by atoms with van der Waals surface area (Å²) in [6.07, 6.45) is 22.1. The van der Waals surface area contributed by atoms with Gasteiger partial charge in [-0.25, -0.2) is 37.3 Å². The fourth-order valence-electron chi connectivity index (χ4n) is 5.09. The molecule has 8 atom stereocenters. The van der Waals surface area contributed by atoms with E-state index in [2.05, 4.69) is 47.8 Å². The first-order valence-corrected chi connectivity index (χ1v) is 17.5. The zero-order valence-electron chi connectivity index (χ0n) is 18.3. The second-order valence-electron chi connectivity index (χ2n) is 8.95. The molecule has 196 valence electrons. The van der Waals surface area contributed by atoms with Crippen LogP contribution in [0.25, 0.3) is 0 Å². The van der Waals surface area contributed by atoms with Crippen LogP contribution in [-0.2, 0) is 23.5 Å². The molecule has 34 heavy (non-hydrogen) atoms. The summed E-state index contributed by atoms with van der Waals surface area (Å²) in [7, 11) is -9.89. The molecule has 0 radical (unpaired) electrons. The van der Waals surface area contributed by atoms with Crippen molar-refractivity contribution in [2.75, 3.05) is 0 Å². The van der Waals surface area contributed by atoms with Crippen LogP contribution < -0.4 is 37.3 Å². The van der Waals surface area contributed by atoms with Crippen LogP contribution in [-0.4, -0.2) is 42.0 Å². The molecule has 0 amide bonds. The van der Waals surface area contributed by atoms with Gasteiger partial charge in [0, 0.05) is 46.7 Å². The summed E-state index contributed by atoms with van der Waals surface area (Å²) in [5.74, 6) is 0. The monoisotopic (exact) mass is 596 g/mol. The van der Waals surface area contributed by atoms with Crippen molar-refractivity contribution < 1.29 is 57.8 Å². The van der Waals surface area contributed by atoms with Crippen LogP contribution in [0.2, 0.25) is 0 Å². The molecule has 8 nitrogen and oxygen atoms in total. The molecule has 3 saturated heterocycles. The molecule has 0 spiro atoms. The minimum atomic E-state index is -4.94. The molecule has 0 saturated carbocycles. The van der Waals surface area contributed by atoms with Crippen LogP contribution in [0.3, 0.4) is 0 Å². The van der Waals surface area contributed by atoms with Crippen molar-refractivity contribution in [2.24, 2.45) is 0 Å². The SMILES string of the molecule is C1=CC2CC3CCC(CC4C=CC(CC5CCC(CC1[SH+]2)S5)[SH+]4)S3.[O-][Cl+3]([O-])([O-])[O-].[O-][Cl+3]([O-])([O-])[O-]. The van der Waals surface area contributed by atoms with Gasteiger partial charge in [0.2, 0.25) is 0 Å². The Labute approximate surface area is 221 Å². The summed E-state index contributed by atoms with van der Waals surface area (Å²) in [6.45, 7) is 0. The average molecular weight is 598 g/mol. The van der Waals surface area contributed by atoms with Crippen molar-refractivity contribution in [1.82, 2.24) is 0 Å². The van der Waals surface area contributed by atoms with Gasteiger partial charge >= 0.3 is 0 Å². The molecular formula is C20H30Cl2O8S4. The lowest BCUT2D eigenvalue weighted by atomic mass is 10.1. The highest BCUT2D eigenvalue weighted by atomic mass is 35.7. The molecule has 8 unspecified atom stereocenters. The van der Waals surface area contributed by atoms with E-state index in [1.807, 2.05) is 0 Å². The second-order valence-corrected chi connectivity index (χ2v) is 16.9. The van der Waals surface area contributed by atoms with Gasteiger partial charge in [0.05, 0.1) is 0 Å². The number of rotatable bonds is 0. The van der Waals surface area contributed by atoms with Crippen LogP contribution in [0.5, 0.6) is 0 Å². The summed E-state index contributed by atoms with van der Waals surface area (Å²) in [6, 6.07) is 0. The van der Waals surface area contributed by atoms with Crippen molar-refractivity contribution >= 4 is 47.0 Å². The normalized spacial score (nSPS) is 39.3. The second kappa shape index (κ2) is 13.3. The Balaban J connectivity index is 0.000000277. The molecule has 0 N–H and O–H groups in total. The van der Waals surface area contributed by atoms with Gasteiger partial charge in [-0.3, -0.25) is 0 Å². The van der Waals surface area contributed by atoms with E-state index in [4.69, 9.17) is 37.3 Å². The summed E-state index contributed by atoms with van der Waals surface area (Å²) in [5.41, 5.74) is 0. The van der Waals surface area contributed by atoms with Crippen molar-refractivity contribution in [3.05, 3.63) is 24.3 Å². The average Bonchev–Trinajstić information content (AvgIpc) is 3.44. The Morgan fingerprint density at radius 2 is 0.676 bits per heavy atom. The molecule has 0 aliphatic carbocycles. The zero-order chi connectivity index (χ0) is 24.9. The molecule has 3 fully saturated rings. The van der Waals surface area contributed by atoms with Crippen molar-refractivity contribution in [1.29, 1.82) is 0 Å². The first kappa shape index (κ1) is 29.7. The summed E-state index contributed by atoms with van der Waals surface area (Å²) in [5, 5.41) is 7.29. The Morgan fingerprint density at radius 1 is 0.471 bits per heavy atom. The third-order valence-electron chi connectivity index (χ3n) is 6.29. The van der Waals surface area contributed by atoms with E-state index in [0.717, 1.165) is 42.0 Å². The quantitative estimate of drug-likeness (QED) is 0.149. The lowest BCUT2D eigenvalue weighted by Crippen LogP contribution is -2.68. The summed E-state index contributed by atoms with van der Waals surface area (Å²) in [4.78, 5) is 0. The van der Waals surface area contributed by atoms with E-state index in [9.17, 15) is 0 Å². The van der Waals surface area contributed by atoms with E-state index >= 15 is 0 Å².